The van der Waals surface area contributed by atoms with Crippen molar-refractivity contribution >= 4 is 0 Å². The van der Waals surface area contributed by atoms with Gasteiger partial charge in [0.15, 0.2) is 0 Å². The van der Waals surface area contributed by atoms with Gasteiger partial charge in [-0.1, -0.05) is 77.0 Å². The number of hydrogen-bond donors (Lipinski definition) is 1. The summed E-state index contributed by atoms with van der Waals surface area (Å²) in [6.45, 7) is 0.356. The number of aryl methyl sites for hydroxylation is 1. The van der Waals surface area contributed by atoms with Crippen LogP contribution in [0.1, 0.15) is 95.5 Å². The average molecular weight is 379 g/mol. The quantitative estimate of drug-likeness (QED) is 0.289. The molecule has 27 heavy (non-hydrogen) atoms. The second kappa shape index (κ2) is 16.9. The summed E-state index contributed by atoms with van der Waals surface area (Å²) in [6.07, 6.45) is 19.5. The van der Waals surface area contributed by atoms with E-state index in [1.54, 1.807) is 14.2 Å². The highest BCUT2D eigenvalue weighted by Gasteiger charge is 2.04. The van der Waals surface area contributed by atoms with Crippen molar-refractivity contribution in [2.24, 2.45) is 0 Å². The van der Waals surface area contributed by atoms with Crippen LogP contribution in [0.15, 0.2) is 18.2 Å². The first-order valence-electron chi connectivity index (χ1n) is 11.1. The summed E-state index contributed by atoms with van der Waals surface area (Å²) < 4.78 is 10.8. The molecule has 0 amide bonds. The number of aliphatic hydroxyl groups is 1. The number of benzene rings is 1. The van der Waals surface area contributed by atoms with Crippen molar-refractivity contribution in [3.8, 4) is 11.5 Å². The lowest BCUT2D eigenvalue weighted by molar-refractivity contribution is 0.282. The summed E-state index contributed by atoms with van der Waals surface area (Å²) in [6, 6.07) is 6.06. The molecule has 0 saturated heterocycles. The molecule has 0 radical (unpaired) electrons. The Morgan fingerprint density at radius 2 is 1.11 bits per heavy atom. The predicted molar refractivity (Wildman–Crippen MR) is 115 cm³/mol. The van der Waals surface area contributed by atoms with E-state index in [9.17, 15) is 0 Å². The smallest absolute Gasteiger partial charge is 0.122 e. The van der Waals surface area contributed by atoms with Crippen molar-refractivity contribution in [1.82, 2.24) is 0 Å². The molecule has 0 saturated carbocycles. The van der Waals surface area contributed by atoms with Crippen LogP contribution in [0.3, 0.4) is 0 Å². The lowest BCUT2D eigenvalue weighted by Gasteiger charge is -2.10. The standard InChI is InChI=1S/C24H42O3/c1-26-23-18-19-24(27-2)22(21-23)17-15-13-11-9-7-5-3-4-6-8-10-12-14-16-20-25/h18-19,21,25H,3-17,20H2,1-2H3. The van der Waals surface area contributed by atoms with Gasteiger partial charge in [-0.3, -0.25) is 0 Å². The Kier molecular flexibility index (Phi) is 14.9. The van der Waals surface area contributed by atoms with Crippen LogP contribution >= 0.6 is 0 Å². The molecule has 0 heterocycles. The molecule has 0 aromatic heterocycles. The van der Waals surface area contributed by atoms with E-state index in [-0.39, 0.29) is 0 Å². The third-order valence-corrected chi connectivity index (χ3v) is 5.34. The number of unbranched alkanes of at least 4 members (excludes halogenated alkanes) is 13. The fourth-order valence-electron chi connectivity index (χ4n) is 3.63. The van der Waals surface area contributed by atoms with Crippen molar-refractivity contribution in [2.75, 3.05) is 20.8 Å². The van der Waals surface area contributed by atoms with Crippen molar-refractivity contribution in [3.05, 3.63) is 23.8 Å². The summed E-state index contributed by atoms with van der Waals surface area (Å²) in [5.74, 6) is 1.89. The molecule has 3 nitrogen and oxygen atoms in total. The Bertz CT molecular complexity index is 459. The normalized spacial score (nSPS) is 10.9. The van der Waals surface area contributed by atoms with Crippen LogP contribution in [0.2, 0.25) is 0 Å². The van der Waals surface area contributed by atoms with Gasteiger partial charge in [-0.2, -0.15) is 0 Å². The van der Waals surface area contributed by atoms with E-state index in [4.69, 9.17) is 14.6 Å². The van der Waals surface area contributed by atoms with Crippen LogP contribution in [-0.4, -0.2) is 25.9 Å². The predicted octanol–water partition coefficient (Wildman–Crippen LogP) is 6.70. The number of rotatable bonds is 18. The molecule has 156 valence electrons. The largest absolute Gasteiger partial charge is 0.497 e. The number of aliphatic hydroxyl groups excluding tert-OH is 1. The van der Waals surface area contributed by atoms with Crippen molar-refractivity contribution in [2.45, 2.75) is 96.3 Å². The summed E-state index contributed by atoms with van der Waals surface area (Å²) in [7, 11) is 3.45. The average Bonchev–Trinajstić information content (AvgIpc) is 2.70. The first-order valence-corrected chi connectivity index (χ1v) is 11.1. The van der Waals surface area contributed by atoms with Crippen molar-refractivity contribution < 1.29 is 14.6 Å². The second-order valence-electron chi connectivity index (χ2n) is 7.60. The van der Waals surface area contributed by atoms with Gasteiger partial charge in [0.25, 0.3) is 0 Å². The van der Waals surface area contributed by atoms with Gasteiger partial charge in [0, 0.05) is 6.61 Å². The van der Waals surface area contributed by atoms with Crippen LogP contribution in [0, 0.1) is 0 Å². The molecule has 0 fully saturated rings. The van der Waals surface area contributed by atoms with Crippen molar-refractivity contribution in [1.29, 1.82) is 0 Å². The minimum atomic E-state index is 0.356. The van der Waals surface area contributed by atoms with E-state index < -0.39 is 0 Å². The molecule has 1 aromatic rings. The van der Waals surface area contributed by atoms with Gasteiger partial charge < -0.3 is 14.6 Å². The molecule has 0 bridgehead atoms. The zero-order valence-electron chi connectivity index (χ0n) is 17.8. The monoisotopic (exact) mass is 378 g/mol. The summed E-state index contributed by atoms with van der Waals surface area (Å²) >= 11 is 0. The lowest BCUT2D eigenvalue weighted by Crippen LogP contribution is -1.94. The summed E-state index contributed by atoms with van der Waals surface area (Å²) in [5, 5.41) is 8.74. The van der Waals surface area contributed by atoms with E-state index in [0.29, 0.717) is 6.61 Å². The molecule has 0 atom stereocenters. The Hall–Kier alpha value is -1.22. The number of methoxy groups -OCH3 is 2. The van der Waals surface area contributed by atoms with E-state index in [2.05, 4.69) is 6.07 Å². The maximum absolute atomic E-state index is 8.74. The fraction of sp³-hybridized carbons (Fsp3) is 0.750. The SMILES string of the molecule is COc1ccc(OC)c(CCCCCCCCCCCCCCCCO)c1. The van der Waals surface area contributed by atoms with Crippen LogP contribution in [0.25, 0.3) is 0 Å². The van der Waals surface area contributed by atoms with Gasteiger partial charge in [0.2, 0.25) is 0 Å². The maximum Gasteiger partial charge on any atom is 0.122 e. The third kappa shape index (κ3) is 12.0. The van der Waals surface area contributed by atoms with Gasteiger partial charge in [-0.05, 0) is 43.0 Å². The topological polar surface area (TPSA) is 38.7 Å². The fourth-order valence-corrected chi connectivity index (χ4v) is 3.63. The molecular formula is C24H42O3. The van der Waals surface area contributed by atoms with E-state index >= 15 is 0 Å². The van der Waals surface area contributed by atoms with Gasteiger partial charge in [-0.15, -0.1) is 0 Å². The maximum atomic E-state index is 8.74. The van der Waals surface area contributed by atoms with Crippen LogP contribution in [-0.2, 0) is 6.42 Å². The zero-order valence-corrected chi connectivity index (χ0v) is 17.8. The second-order valence-corrected chi connectivity index (χ2v) is 7.60. The van der Waals surface area contributed by atoms with E-state index in [0.717, 1.165) is 24.3 Å². The van der Waals surface area contributed by atoms with E-state index in [1.807, 2.05) is 12.1 Å². The molecule has 1 rings (SSSR count). The first kappa shape index (κ1) is 23.8. The molecule has 0 aliphatic rings. The summed E-state index contributed by atoms with van der Waals surface area (Å²) in [4.78, 5) is 0. The van der Waals surface area contributed by atoms with Gasteiger partial charge in [-0.25, -0.2) is 0 Å². The third-order valence-electron chi connectivity index (χ3n) is 5.34. The molecular weight excluding hydrogens is 336 g/mol. The number of hydrogen-bond acceptors (Lipinski definition) is 3. The Balaban J connectivity index is 1.92. The summed E-state index contributed by atoms with van der Waals surface area (Å²) in [5.41, 5.74) is 1.26. The van der Waals surface area contributed by atoms with Crippen LogP contribution in [0.5, 0.6) is 11.5 Å². The molecule has 0 spiro atoms. The first-order chi connectivity index (χ1) is 13.3. The Morgan fingerprint density at radius 1 is 0.630 bits per heavy atom. The Labute approximate surface area is 167 Å². The van der Waals surface area contributed by atoms with Gasteiger partial charge in [0.05, 0.1) is 14.2 Å². The molecule has 1 N–H and O–H groups in total. The van der Waals surface area contributed by atoms with Crippen LogP contribution in [0.4, 0.5) is 0 Å². The van der Waals surface area contributed by atoms with Crippen LogP contribution < -0.4 is 9.47 Å². The molecule has 0 aliphatic heterocycles. The highest BCUT2D eigenvalue weighted by molar-refractivity contribution is 5.40. The molecule has 3 heteroatoms. The Morgan fingerprint density at radius 3 is 1.56 bits per heavy atom. The van der Waals surface area contributed by atoms with Crippen molar-refractivity contribution in [3.63, 3.8) is 0 Å². The van der Waals surface area contributed by atoms with Gasteiger partial charge in [0.1, 0.15) is 11.5 Å². The van der Waals surface area contributed by atoms with E-state index in [1.165, 1.54) is 89.0 Å². The molecule has 0 unspecified atom stereocenters. The number of ether oxygens (including phenoxy) is 2. The zero-order chi connectivity index (χ0) is 19.6. The minimum absolute atomic E-state index is 0.356. The van der Waals surface area contributed by atoms with Gasteiger partial charge >= 0.3 is 0 Å². The highest BCUT2D eigenvalue weighted by Crippen LogP contribution is 2.25. The molecule has 0 aliphatic carbocycles. The lowest BCUT2D eigenvalue weighted by atomic mass is 10.0. The minimum Gasteiger partial charge on any atom is -0.497 e. The highest BCUT2D eigenvalue weighted by atomic mass is 16.5. The molecule has 1 aromatic carbocycles.